The number of urea groups is 1. The summed E-state index contributed by atoms with van der Waals surface area (Å²) in [5.41, 5.74) is 2.72. The van der Waals surface area contributed by atoms with Crippen LogP contribution in [-0.2, 0) is 11.3 Å². The second kappa shape index (κ2) is 10.6. The van der Waals surface area contributed by atoms with Crippen molar-refractivity contribution in [3.05, 3.63) is 83.9 Å². The molecule has 2 aliphatic rings. The van der Waals surface area contributed by atoms with E-state index in [2.05, 4.69) is 22.8 Å². The van der Waals surface area contributed by atoms with E-state index in [4.69, 9.17) is 14.2 Å². The van der Waals surface area contributed by atoms with Gasteiger partial charge < -0.3 is 29.7 Å². The molecule has 8 nitrogen and oxygen atoms in total. The van der Waals surface area contributed by atoms with Crippen LogP contribution in [0.25, 0.3) is 0 Å². The Morgan fingerprint density at radius 3 is 2.53 bits per heavy atom. The minimum atomic E-state index is -0.334. The zero-order valence-electron chi connectivity index (χ0n) is 20.1. The van der Waals surface area contributed by atoms with Crippen LogP contribution in [0.4, 0.5) is 10.5 Å². The van der Waals surface area contributed by atoms with Gasteiger partial charge in [0.15, 0.2) is 11.5 Å². The van der Waals surface area contributed by atoms with Crippen LogP contribution in [-0.4, -0.2) is 43.8 Å². The first-order valence-electron chi connectivity index (χ1n) is 12.0. The number of nitrogens with one attached hydrogen (secondary N) is 2. The van der Waals surface area contributed by atoms with Crippen LogP contribution < -0.4 is 24.8 Å². The van der Waals surface area contributed by atoms with Gasteiger partial charge in [0.2, 0.25) is 12.7 Å². The van der Waals surface area contributed by atoms with Crippen LogP contribution in [0.1, 0.15) is 23.5 Å². The van der Waals surface area contributed by atoms with Gasteiger partial charge in [-0.2, -0.15) is 0 Å². The van der Waals surface area contributed by atoms with Gasteiger partial charge in [0, 0.05) is 31.2 Å². The largest absolute Gasteiger partial charge is 0.497 e. The third kappa shape index (κ3) is 5.38. The van der Waals surface area contributed by atoms with E-state index < -0.39 is 0 Å². The Morgan fingerprint density at radius 2 is 1.75 bits per heavy atom. The number of benzene rings is 3. The fourth-order valence-electron chi connectivity index (χ4n) is 4.68. The summed E-state index contributed by atoms with van der Waals surface area (Å²) in [4.78, 5) is 28.2. The molecule has 0 radical (unpaired) electrons. The number of hydrogen-bond donors (Lipinski definition) is 2. The van der Waals surface area contributed by atoms with Crippen LogP contribution >= 0.6 is 0 Å². The number of methoxy groups -OCH3 is 1. The lowest BCUT2D eigenvalue weighted by atomic mass is 9.84. The molecule has 3 aromatic rings. The number of anilines is 1. The van der Waals surface area contributed by atoms with Crippen molar-refractivity contribution in [2.75, 3.05) is 32.3 Å². The van der Waals surface area contributed by atoms with E-state index in [0.717, 1.165) is 11.1 Å². The highest BCUT2D eigenvalue weighted by atomic mass is 16.7. The summed E-state index contributed by atoms with van der Waals surface area (Å²) in [6.45, 7) is 1.47. The first-order valence-corrected chi connectivity index (χ1v) is 12.0. The predicted molar refractivity (Wildman–Crippen MR) is 135 cm³/mol. The molecule has 2 aliphatic heterocycles. The molecule has 2 N–H and O–H groups in total. The number of likely N-dealkylation sites (tertiary alicyclic amines) is 1. The molecule has 0 bridgehead atoms. The smallest absolute Gasteiger partial charge is 0.321 e. The summed E-state index contributed by atoms with van der Waals surface area (Å²) >= 11 is 0. The fourth-order valence-corrected chi connectivity index (χ4v) is 4.68. The van der Waals surface area contributed by atoms with E-state index >= 15 is 0 Å². The molecule has 2 atom stereocenters. The van der Waals surface area contributed by atoms with Gasteiger partial charge in [0.1, 0.15) is 5.75 Å². The van der Waals surface area contributed by atoms with Crippen molar-refractivity contribution >= 4 is 17.6 Å². The Balaban J connectivity index is 1.27. The minimum Gasteiger partial charge on any atom is -0.497 e. The lowest BCUT2D eigenvalue weighted by Gasteiger charge is -2.37. The van der Waals surface area contributed by atoms with Gasteiger partial charge in [-0.3, -0.25) is 4.79 Å². The standard InChI is InChI=1S/C28H29N3O5/c1-34-24-10-8-23(9-11-24)30-28(33)31-16-21(20-5-3-2-4-6-20)14-22(17-31)27(32)29-15-19-7-12-25-26(13-19)36-18-35-25/h2-13,21-22H,14-18H2,1H3,(H,29,32)(H,30,33)/t21-,22+/m1/s1. The van der Waals surface area contributed by atoms with Gasteiger partial charge in [-0.1, -0.05) is 36.4 Å². The first kappa shape index (κ1) is 23.5. The molecule has 0 spiro atoms. The third-order valence-electron chi connectivity index (χ3n) is 6.62. The van der Waals surface area contributed by atoms with Gasteiger partial charge in [0.05, 0.1) is 13.0 Å². The van der Waals surface area contributed by atoms with Crippen LogP contribution in [0, 0.1) is 5.92 Å². The molecule has 0 saturated carbocycles. The van der Waals surface area contributed by atoms with E-state index in [-0.39, 0.29) is 30.6 Å². The monoisotopic (exact) mass is 487 g/mol. The Labute approximate surface area is 210 Å². The molecular weight excluding hydrogens is 458 g/mol. The Morgan fingerprint density at radius 1 is 0.972 bits per heavy atom. The molecule has 1 saturated heterocycles. The number of fused-ring (bicyclic) bond motifs is 1. The topological polar surface area (TPSA) is 89.1 Å². The number of piperidine rings is 1. The van der Waals surface area contributed by atoms with Crippen molar-refractivity contribution in [3.8, 4) is 17.2 Å². The maximum atomic E-state index is 13.2. The quantitative estimate of drug-likeness (QED) is 0.539. The van der Waals surface area contributed by atoms with Gasteiger partial charge in [-0.05, 0) is 53.9 Å². The van der Waals surface area contributed by atoms with Crippen LogP contribution in [0.2, 0.25) is 0 Å². The molecular formula is C28H29N3O5. The number of amides is 3. The number of rotatable bonds is 6. The lowest BCUT2D eigenvalue weighted by molar-refractivity contribution is -0.126. The Bertz CT molecular complexity index is 1220. The highest BCUT2D eigenvalue weighted by Crippen LogP contribution is 2.33. The Kier molecular flexibility index (Phi) is 6.93. The highest BCUT2D eigenvalue weighted by molar-refractivity contribution is 5.90. The van der Waals surface area contributed by atoms with Crippen LogP contribution in [0.3, 0.4) is 0 Å². The number of carbonyl (C=O) groups excluding carboxylic acids is 2. The van der Waals surface area contributed by atoms with E-state index in [1.165, 1.54) is 0 Å². The van der Waals surface area contributed by atoms with Crippen molar-refractivity contribution in [3.63, 3.8) is 0 Å². The number of ether oxygens (including phenoxy) is 3. The number of nitrogens with zero attached hydrogens (tertiary/aromatic N) is 1. The lowest BCUT2D eigenvalue weighted by Crippen LogP contribution is -2.49. The van der Waals surface area contributed by atoms with Gasteiger partial charge >= 0.3 is 6.03 Å². The molecule has 0 aromatic heterocycles. The maximum absolute atomic E-state index is 13.2. The molecule has 0 aliphatic carbocycles. The molecule has 1 fully saturated rings. The van der Waals surface area contributed by atoms with Gasteiger partial charge in [0.25, 0.3) is 0 Å². The fraction of sp³-hybridized carbons (Fsp3) is 0.286. The van der Waals surface area contributed by atoms with Gasteiger partial charge in [-0.15, -0.1) is 0 Å². The number of hydrogen-bond acceptors (Lipinski definition) is 5. The van der Waals surface area contributed by atoms with Crippen LogP contribution in [0.5, 0.6) is 17.2 Å². The maximum Gasteiger partial charge on any atom is 0.321 e. The Hall–Kier alpha value is -4.20. The summed E-state index contributed by atoms with van der Waals surface area (Å²) in [7, 11) is 1.60. The molecule has 5 rings (SSSR count). The molecule has 0 unspecified atom stereocenters. The summed E-state index contributed by atoms with van der Waals surface area (Å²) in [6.07, 6.45) is 0.670. The van der Waals surface area contributed by atoms with E-state index in [1.807, 2.05) is 36.4 Å². The summed E-state index contributed by atoms with van der Waals surface area (Å²) in [5, 5.41) is 6.00. The second-order valence-electron chi connectivity index (χ2n) is 9.01. The van der Waals surface area contributed by atoms with E-state index in [1.54, 1.807) is 36.3 Å². The van der Waals surface area contributed by atoms with Crippen molar-refractivity contribution < 1.29 is 23.8 Å². The van der Waals surface area contributed by atoms with Crippen molar-refractivity contribution in [2.45, 2.75) is 18.9 Å². The number of carbonyl (C=O) groups is 2. The normalized spacial score (nSPS) is 18.4. The molecule has 8 heteroatoms. The zero-order chi connectivity index (χ0) is 24.9. The molecule has 3 amide bonds. The van der Waals surface area contributed by atoms with Crippen molar-refractivity contribution in [1.82, 2.24) is 10.2 Å². The molecule has 2 heterocycles. The van der Waals surface area contributed by atoms with Crippen molar-refractivity contribution in [1.29, 1.82) is 0 Å². The van der Waals surface area contributed by atoms with Gasteiger partial charge in [-0.25, -0.2) is 4.79 Å². The molecule has 186 valence electrons. The zero-order valence-corrected chi connectivity index (χ0v) is 20.1. The SMILES string of the molecule is COc1ccc(NC(=O)N2C[C@@H](C(=O)NCc3ccc4c(c3)OCO4)C[C@@H](c3ccccc3)C2)cc1. The first-order chi connectivity index (χ1) is 17.6. The summed E-state index contributed by atoms with van der Waals surface area (Å²) < 4.78 is 16.0. The summed E-state index contributed by atoms with van der Waals surface area (Å²) in [6, 6.07) is 22.6. The average molecular weight is 488 g/mol. The van der Waals surface area contributed by atoms with E-state index in [0.29, 0.717) is 49.0 Å². The van der Waals surface area contributed by atoms with Crippen molar-refractivity contribution in [2.24, 2.45) is 5.92 Å². The minimum absolute atomic E-state index is 0.0582. The second-order valence-corrected chi connectivity index (χ2v) is 9.01. The average Bonchev–Trinajstić information content (AvgIpc) is 3.40. The molecule has 36 heavy (non-hydrogen) atoms. The third-order valence-corrected chi connectivity index (χ3v) is 6.62. The summed E-state index contributed by atoms with van der Waals surface area (Å²) in [5.74, 6) is 1.76. The molecule has 3 aromatic carbocycles. The predicted octanol–water partition coefficient (Wildman–Crippen LogP) is 4.38. The van der Waals surface area contributed by atoms with E-state index in [9.17, 15) is 9.59 Å². The van der Waals surface area contributed by atoms with Crippen LogP contribution in [0.15, 0.2) is 72.8 Å². The highest BCUT2D eigenvalue weighted by Gasteiger charge is 2.34.